The Bertz CT molecular complexity index is 462. The minimum atomic E-state index is 0.0152. The van der Waals surface area contributed by atoms with Gasteiger partial charge in [-0.2, -0.15) is 0 Å². The molecule has 5 nitrogen and oxygen atoms in total. The molecule has 2 rings (SSSR count). The van der Waals surface area contributed by atoms with Gasteiger partial charge in [0.25, 0.3) is 0 Å². The van der Waals surface area contributed by atoms with E-state index in [-0.39, 0.29) is 6.04 Å². The first-order chi connectivity index (χ1) is 7.66. The summed E-state index contributed by atoms with van der Waals surface area (Å²) >= 11 is 1.48. The van der Waals surface area contributed by atoms with Crippen LogP contribution in [0, 0.1) is 0 Å². The lowest BCUT2D eigenvalue weighted by Gasteiger charge is -2.05. The molecule has 16 heavy (non-hydrogen) atoms. The Morgan fingerprint density at radius 2 is 2.25 bits per heavy atom. The molecule has 1 atom stereocenters. The molecule has 0 bridgehead atoms. The van der Waals surface area contributed by atoms with Crippen molar-refractivity contribution in [2.45, 2.75) is 23.1 Å². The van der Waals surface area contributed by atoms with Crippen LogP contribution in [0.4, 0.5) is 0 Å². The monoisotopic (exact) mass is 235 g/mol. The van der Waals surface area contributed by atoms with E-state index in [2.05, 4.69) is 15.2 Å². The van der Waals surface area contributed by atoms with Crippen LogP contribution in [-0.2, 0) is 7.05 Å². The van der Waals surface area contributed by atoms with Crippen molar-refractivity contribution in [3.8, 4) is 0 Å². The predicted molar refractivity (Wildman–Crippen MR) is 62.0 cm³/mol. The van der Waals surface area contributed by atoms with Gasteiger partial charge in [0.15, 0.2) is 5.16 Å². The number of nitrogens with zero attached hydrogens (tertiary/aromatic N) is 4. The van der Waals surface area contributed by atoms with Gasteiger partial charge in [-0.1, -0.05) is 6.07 Å². The van der Waals surface area contributed by atoms with Crippen LogP contribution in [0.2, 0.25) is 0 Å². The lowest BCUT2D eigenvalue weighted by molar-refractivity contribution is 0.785. The molecule has 0 amide bonds. The average Bonchev–Trinajstić information content (AvgIpc) is 2.65. The summed E-state index contributed by atoms with van der Waals surface area (Å²) in [5.74, 6) is 0. The molecule has 0 saturated heterocycles. The molecule has 2 heterocycles. The largest absolute Gasteiger partial charge is 0.324 e. The van der Waals surface area contributed by atoms with Crippen molar-refractivity contribution in [1.29, 1.82) is 0 Å². The van der Waals surface area contributed by atoms with E-state index in [4.69, 9.17) is 5.73 Å². The van der Waals surface area contributed by atoms with Crippen LogP contribution in [0.25, 0.3) is 0 Å². The second-order valence-electron chi connectivity index (χ2n) is 3.54. The molecule has 0 aliphatic heterocycles. The SMILES string of the molecule is C[C@@H](N)c1ccc(Sc2nncn2C)nc1. The minimum absolute atomic E-state index is 0.0152. The van der Waals surface area contributed by atoms with Crippen LogP contribution in [0.15, 0.2) is 34.8 Å². The molecule has 0 aliphatic carbocycles. The van der Waals surface area contributed by atoms with Crippen LogP contribution >= 0.6 is 11.8 Å². The third-order valence-electron chi connectivity index (χ3n) is 2.15. The van der Waals surface area contributed by atoms with E-state index in [1.165, 1.54) is 11.8 Å². The third kappa shape index (κ3) is 2.40. The standard InChI is InChI=1S/C10H13N5S/c1-7(11)8-3-4-9(12-5-8)16-10-14-13-6-15(10)2/h3-7H,11H2,1-2H3/t7-/m1/s1. The Kier molecular flexibility index (Phi) is 3.21. The van der Waals surface area contributed by atoms with Crippen LogP contribution in [-0.4, -0.2) is 19.7 Å². The third-order valence-corrected chi connectivity index (χ3v) is 3.15. The van der Waals surface area contributed by atoms with E-state index in [0.717, 1.165) is 15.7 Å². The summed E-state index contributed by atoms with van der Waals surface area (Å²) in [5, 5.41) is 9.50. The molecule has 0 radical (unpaired) electrons. The fourth-order valence-electron chi connectivity index (χ4n) is 1.18. The Hall–Kier alpha value is -1.40. The maximum Gasteiger partial charge on any atom is 0.197 e. The normalized spacial score (nSPS) is 12.7. The summed E-state index contributed by atoms with van der Waals surface area (Å²) in [6.07, 6.45) is 3.46. The molecule has 0 fully saturated rings. The van der Waals surface area contributed by atoms with Gasteiger partial charge in [0.2, 0.25) is 0 Å². The molecular formula is C10H13N5S. The van der Waals surface area contributed by atoms with E-state index >= 15 is 0 Å². The van der Waals surface area contributed by atoms with Crippen molar-refractivity contribution in [2.75, 3.05) is 0 Å². The average molecular weight is 235 g/mol. The van der Waals surface area contributed by atoms with Crippen LogP contribution in [0.1, 0.15) is 18.5 Å². The zero-order valence-corrected chi connectivity index (χ0v) is 9.98. The molecule has 0 spiro atoms. The van der Waals surface area contributed by atoms with E-state index in [0.29, 0.717) is 0 Å². The number of hydrogen-bond donors (Lipinski definition) is 1. The first-order valence-corrected chi connectivity index (χ1v) is 5.72. The summed E-state index contributed by atoms with van der Waals surface area (Å²) in [5.41, 5.74) is 6.78. The maximum atomic E-state index is 5.75. The van der Waals surface area contributed by atoms with E-state index in [9.17, 15) is 0 Å². The highest BCUT2D eigenvalue weighted by molar-refractivity contribution is 7.99. The first-order valence-electron chi connectivity index (χ1n) is 4.90. The zero-order chi connectivity index (χ0) is 11.5. The quantitative estimate of drug-likeness (QED) is 0.870. The second-order valence-corrected chi connectivity index (χ2v) is 4.53. The number of nitrogens with two attached hydrogens (primary N) is 1. The van der Waals surface area contributed by atoms with Crippen LogP contribution in [0.3, 0.4) is 0 Å². The van der Waals surface area contributed by atoms with Gasteiger partial charge in [-0.05, 0) is 30.3 Å². The van der Waals surface area contributed by atoms with Gasteiger partial charge >= 0.3 is 0 Å². The molecule has 6 heteroatoms. The maximum absolute atomic E-state index is 5.75. The predicted octanol–water partition coefficient (Wildman–Crippen LogP) is 1.38. The van der Waals surface area contributed by atoms with Gasteiger partial charge < -0.3 is 10.3 Å². The number of aryl methyl sites for hydroxylation is 1. The van der Waals surface area contributed by atoms with Crippen molar-refractivity contribution >= 4 is 11.8 Å². The minimum Gasteiger partial charge on any atom is -0.324 e. The van der Waals surface area contributed by atoms with Crippen molar-refractivity contribution in [1.82, 2.24) is 19.7 Å². The Labute approximate surface area is 98.1 Å². The first kappa shape index (κ1) is 11.1. The Morgan fingerprint density at radius 1 is 1.44 bits per heavy atom. The number of rotatable bonds is 3. The smallest absolute Gasteiger partial charge is 0.197 e. The molecule has 0 saturated carbocycles. The summed E-state index contributed by atoms with van der Waals surface area (Å²) in [4.78, 5) is 4.32. The molecule has 2 aromatic heterocycles. The number of aromatic nitrogens is 4. The molecule has 84 valence electrons. The molecule has 2 N–H and O–H groups in total. The highest BCUT2D eigenvalue weighted by Crippen LogP contribution is 2.23. The summed E-state index contributed by atoms with van der Waals surface area (Å²) in [6.45, 7) is 1.94. The highest BCUT2D eigenvalue weighted by atomic mass is 32.2. The zero-order valence-electron chi connectivity index (χ0n) is 9.16. The summed E-state index contributed by atoms with van der Waals surface area (Å²) in [7, 11) is 1.90. The van der Waals surface area contributed by atoms with Crippen molar-refractivity contribution in [3.63, 3.8) is 0 Å². The fourth-order valence-corrected chi connectivity index (χ4v) is 1.89. The van der Waals surface area contributed by atoms with Crippen LogP contribution in [0.5, 0.6) is 0 Å². The van der Waals surface area contributed by atoms with E-state index in [1.54, 1.807) is 12.5 Å². The van der Waals surface area contributed by atoms with E-state index < -0.39 is 0 Å². The molecule has 0 aromatic carbocycles. The number of hydrogen-bond acceptors (Lipinski definition) is 5. The lowest BCUT2D eigenvalue weighted by Crippen LogP contribution is -2.05. The van der Waals surface area contributed by atoms with Gasteiger partial charge in [0.05, 0.1) is 0 Å². The molecule has 0 aliphatic rings. The van der Waals surface area contributed by atoms with Gasteiger partial charge in [-0.15, -0.1) is 10.2 Å². The molecule has 2 aromatic rings. The van der Waals surface area contributed by atoms with Gasteiger partial charge in [-0.3, -0.25) is 0 Å². The summed E-state index contributed by atoms with van der Waals surface area (Å²) in [6, 6.07) is 3.94. The topological polar surface area (TPSA) is 69.6 Å². The Morgan fingerprint density at radius 3 is 2.75 bits per heavy atom. The Balaban J connectivity index is 2.14. The van der Waals surface area contributed by atoms with Gasteiger partial charge in [0.1, 0.15) is 11.4 Å². The van der Waals surface area contributed by atoms with Crippen LogP contribution < -0.4 is 5.73 Å². The van der Waals surface area contributed by atoms with Crippen molar-refractivity contribution in [3.05, 3.63) is 30.2 Å². The summed E-state index contributed by atoms with van der Waals surface area (Å²) < 4.78 is 1.85. The van der Waals surface area contributed by atoms with E-state index in [1.807, 2.05) is 30.7 Å². The number of pyridine rings is 1. The van der Waals surface area contributed by atoms with Crippen molar-refractivity contribution in [2.24, 2.45) is 12.8 Å². The molecule has 0 unspecified atom stereocenters. The molecular weight excluding hydrogens is 222 g/mol. The second kappa shape index (κ2) is 4.63. The van der Waals surface area contributed by atoms with Gasteiger partial charge in [-0.25, -0.2) is 4.98 Å². The fraction of sp³-hybridized carbons (Fsp3) is 0.300. The highest BCUT2D eigenvalue weighted by Gasteiger charge is 2.05. The van der Waals surface area contributed by atoms with Gasteiger partial charge in [0, 0.05) is 19.3 Å². The van der Waals surface area contributed by atoms with Crippen molar-refractivity contribution < 1.29 is 0 Å². The lowest BCUT2D eigenvalue weighted by atomic mass is 10.2.